The summed E-state index contributed by atoms with van der Waals surface area (Å²) in [5.41, 5.74) is 1.47. The summed E-state index contributed by atoms with van der Waals surface area (Å²) in [5, 5.41) is 12.6. The minimum Gasteiger partial charge on any atom is -0.497 e. The van der Waals surface area contributed by atoms with E-state index in [4.69, 9.17) is 4.74 Å². The van der Waals surface area contributed by atoms with Crippen LogP contribution in [-0.2, 0) is 0 Å². The van der Waals surface area contributed by atoms with Gasteiger partial charge in [0.05, 0.1) is 12.8 Å². The molecular formula is C17H15NO2. The summed E-state index contributed by atoms with van der Waals surface area (Å²) in [6.45, 7) is 0. The summed E-state index contributed by atoms with van der Waals surface area (Å²) in [7, 11) is 1.62. The second-order valence-electron chi connectivity index (χ2n) is 4.59. The minimum atomic E-state index is -0.744. The summed E-state index contributed by atoms with van der Waals surface area (Å²) in [4.78, 5) is 4.34. The van der Waals surface area contributed by atoms with Gasteiger partial charge in [0.2, 0.25) is 0 Å². The van der Waals surface area contributed by atoms with Crippen molar-refractivity contribution in [3.8, 4) is 5.75 Å². The third-order valence-corrected chi connectivity index (χ3v) is 3.40. The summed E-state index contributed by atoms with van der Waals surface area (Å²) in [5.74, 6) is 0.770. The summed E-state index contributed by atoms with van der Waals surface area (Å²) < 4.78 is 5.13. The Balaban J connectivity index is 2.05. The molecule has 0 saturated carbocycles. The third-order valence-electron chi connectivity index (χ3n) is 3.40. The Bertz CT molecular complexity index is 717. The van der Waals surface area contributed by atoms with Crippen molar-refractivity contribution in [1.82, 2.24) is 4.98 Å². The molecule has 0 aliphatic heterocycles. The molecule has 100 valence electrons. The zero-order chi connectivity index (χ0) is 13.9. The lowest BCUT2D eigenvalue weighted by Crippen LogP contribution is -2.03. The Hall–Kier alpha value is -2.39. The quantitative estimate of drug-likeness (QED) is 0.790. The second-order valence-corrected chi connectivity index (χ2v) is 4.59. The smallest absolute Gasteiger partial charge is 0.122 e. The van der Waals surface area contributed by atoms with E-state index in [9.17, 15) is 5.11 Å². The predicted octanol–water partition coefficient (Wildman–Crippen LogP) is 3.33. The number of nitrogens with zero attached hydrogens (tertiary/aromatic N) is 1. The molecule has 0 spiro atoms. The van der Waals surface area contributed by atoms with E-state index in [-0.39, 0.29) is 0 Å². The highest BCUT2D eigenvalue weighted by atomic mass is 16.5. The molecule has 0 amide bonds. The van der Waals surface area contributed by atoms with Crippen molar-refractivity contribution in [1.29, 1.82) is 0 Å². The Morgan fingerprint density at radius 3 is 2.50 bits per heavy atom. The summed E-state index contributed by atoms with van der Waals surface area (Å²) >= 11 is 0. The van der Waals surface area contributed by atoms with Crippen LogP contribution >= 0.6 is 0 Å². The maximum atomic E-state index is 10.6. The Kier molecular flexibility index (Phi) is 3.35. The summed E-state index contributed by atoms with van der Waals surface area (Å²) in [6, 6.07) is 17.2. The molecule has 3 heteroatoms. The number of methoxy groups -OCH3 is 1. The van der Waals surface area contributed by atoms with E-state index in [0.717, 1.165) is 22.1 Å². The number of pyridine rings is 1. The van der Waals surface area contributed by atoms with Gasteiger partial charge in [-0.1, -0.05) is 36.4 Å². The largest absolute Gasteiger partial charge is 0.497 e. The van der Waals surface area contributed by atoms with Gasteiger partial charge in [-0.25, -0.2) is 0 Å². The number of hydrogen-bond donors (Lipinski definition) is 1. The Morgan fingerprint density at radius 1 is 1.00 bits per heavy atom. The number of hydrogen-bond acceptors (Lipinski definition) is 3. The van der Waals surface area contributed by atoms with Crippen LogP contribution in [0.2, 0.25) is 0 Å². The first-order chi connectivity index (χ1) is 9.79. The van der Waals surface area contributed by atoms with E-state index in [1.54, 1.807) is 13.3 Å². The lowest BCUT2D eigenvalue weighted by molar-refractivity contribution is 0.217. The molecule has 0 radical (unpaired) electrons. The molecule has 1 atom stereocenters. The van der Waals surface area contributed by atoms with E-state index < -0.39 is 6.10 Å². The zero-order valence-corrected chi connectivity index (χ0v) is 11.2. The zero-order valence-electron chi connectivity index (χ0n) is 11.2. The standard InChI is InChI=1S/C17H15NO2/c1-20-14-8-6-13(7-9-14)17(19)16-15-5-3-2-4-12(15)10-11-18-16/h2-11,17,19H,1H3/t17-/m1/s1. The fourth-order valence-corrected chi connectivity index (χ4v) is 2.30. The van der Waals surface area contributed by atoms with Crippen molar-refractivity contribution in [2.75, 3.05) is 7.11 Å². The van der Waals surface area contributed by atoms with Gasteiger partial charge in [-0.3, -0.25) is 4.98 Å². The molecule has 1 aromatic heterocycles. The van der Waals surface area contributed by atoms with E-state index in [1.165, 1.54) is 0 Å². The lowest BCUT2D eigenvalue weighted by Gasteiger charge is -2.13. The average molecular weight is 265 g/mol. The molecule has 0 aliphatic carbocycles. The molecule has 0 fully saturated rings. The highest BCUT2D eigenvalue weighted by Crippen LogP contribution is 2.27. The predicted molar refractivity (Wildman–Crippen MR) is 78.8 cm³/mol. The van der Waals surface area contributed by atoms with E-state index in [2.05, 4.69) is 4.98 Å². The second kappa shape index (κ2) is 5.31. The molecule has 1 N–H and O–H groups in total. The van der Waals surface area contributed by atoms with Gasteiger partial charge in [-0.05, 0) is 29.1 Å². The highest BCUT2D eigenvalue weighted by Gasteiger charge is 2.14. The fraction of sp³-hybridized carbons (Fsp3) is 0.118. The first-order valence-electron chi connectivity index (χ1n) is 6.45. The molecule has 3 aromatic rings. The molecule has 3 rings (SSSR count). The van der Waals surface area contributed by atoms with Crippen LogP contribution in [0, 0.1) is 0 Å². The van der Waals surface area contributed by atoms with Gasteiger partial charge < -0.3 is 9.84 Å². The Morgan fingerprint density at radius 2 is 1.75 bits per heavy atom. The van der Waals surface area contributed by atoms with Crippen molar-refractivity contribution in [3.05, 3.63) is 72.1 Å². The number of rotatable bonds is 3. The number of fused-ring (bicyclic) bond motifs is 1. The third kappa shape index (κ3) is 2.24. The van der Waals surface area contributed by atoms with Gasteiger partial charge in [0.25, 0.3) is 0 Å². The number of benzene rings is 2. The van der Waals surface area contributed by atoms with Crippen LogP contribution in [-0.4, -0.2) is 17.2 Å². The first kappa shape index (κ1) is 12.6. The number of aliphatic hydroxyl groups excluding tert-OH is 1. The van der Waals surface area contributed by atoms with Crippen LogP contribution < -0.4 is 4.74 Å². The van der Waals surface area contributed by atoms with E-state index in [0.29, 0.717) is 5.69 Å². The van der Waals surface area contributed by atoms with Crippen molar-refractivity contribution < 1.29 is 9.84 Å². The molecule has 0 aliphatic rings. The number of aromatic nitrogens is 1. The topological polar surface area (TPSA) is 42.4 Å². The van der Waals surface area contributed by atoms with Gasteiger partial charge in [0, 0.05) is 11.6 Å². The molecule has 0 unspecified atom stereocenters. The van der Waals surface area contributed by atoms with Crippen LogP contribution in [0.4, 0.5) is 0 Å². The van der Waals surface area contributed by atoms with Crippen LogP contribution in [0.3, 0.4) is 0 Å². The molecule has 1 heterocycles. The van der Waals surface area contributed by atoms with Crippen LogP contribution in [0.1, 0.15) is 17.4 Å². The normalized spacial score (nSPS) is 12.3. The van der Waals surface area contributed by atoms with E-state index in [1.807, 2.05) is 54.6 Å². The van der Waals surface area contributed by atoms with Crippen molar-refractivity contribution in [3.63, 3.8) is 0 Å². The van der Waals surface area contributed by atoms with Gasteiger partial charge in [-0.2, -0.15) is 0 Å². The Labute approximate surface area is 117 Å². The first-order valence-corrected chi connectivity index (χ1v) is 6.45. The number of aliphatic hydroxyl groups is 1. The highest BCUT2D eigenvalue weighted by molar-refractivity contribution is 5.84. The monoisotopic (exact) mass is 265 g/mol. The van der Waals surface area contributed by atoms with Crippen LogP contribution in [0.15, 0.2) is 60.8 Å². The van der Waals surface area contributed by atoms with Crippen molar-refractivity contribution in [2.45, 2.75) is 6.10 Å². The fourth-order valence-electron chi connectivity index (χ4n) is 2.30. The van der Waals surface area contributed by atoms with Gasteiger partial charge in [-0.15, -0.1) is 0 Å². The molecule has 0 saturated heterocycles. The van der Waals surface area contributed by atoms with Crippen LogP contribution in [0.5, 0.6) is 5.75 Å². The SMILES string of the molecule is COc1ccc([C@@H](O)c2nccc3ccccc23)cc1. The molecular weight excluding hydrogens is 250 g/mol. The van der Waals surface area contributed by atoms with Crippen LogP contribution in [0.25, 0.3) is 10.8 Å². The average Bonchev–Trinajstić information content (AvgIpc) is 2.54. The van der Waals surface area contributed by atoms with Gasteiger partial charge in [0.15, 0.2) is 0 Å². The molecule has 20 heavy (non-hydrogen) atoms. The maximum Gasteiger partial charge on any atom is 0.122 e. The summed E-state index contributed by atoms with van der Waals surface area (Å²) in [6.07, 6.45) is 0.983. The van der Waals surface area contributed by atoms with E-state index >= 15 is 0 Å². The molecule has 0 bridgehead atoms. The minimum absolute atomic E-state index is 0.674. The van der Waals surface area contributed by atoms with Gasteiger partial charge in [0.1, 0.15) is 11.9 Å². The van der Waals surface area contributed by atoms with Crippen molar-refractivity contribution >= 4 is 10.8 Å². The lowest BCUT2D eigenvalue weighted by atomic mass is 10.0. The molecule has 2 aromatic carbocycles. The van der Waals surface area contributed by atoms with Crippen molar-refractivity contribution in [2.24, 2.45) is 0 Å². The van der Waals surface area contributed by atoms with Gasteiger partial charge >= 0.3 is 0 Å². The number of ether oxygens (including phenoxy) is 1. The maximum absolute atomic E-state index is 10.6. The molecule has 3 nitrogen and oxygen atoms in total.